The molecule has 2 heterocycles. The predicted octanol–water partition coefficient (Wildman–Crippen LogP) is 2.26. The molecule has 2 saturated heterocycles. The average molecular weight is 519 g/mol. The summed E-state index contributed by atoms with van der Waals surface area (Å²) in [7, 11) is 2.16. The number of carbonyl (C=O) groups excluding carboxylic acids is 2. The zero-order chi connectivity index (χ0) is 26.6. The van der Waals surface area contributed by atoms with E-state index >= 15 is 0 Å². The lowest BCUT2D eigenvalue weighted by Gasteiger charge is -2.64. The Morgan fingerprint density at radius 2 is 1.05 bits per heavy atom. The zero-order valence-corrected chi connectivity index (χ0v) is 23.9. The van der Waals surface area contributed by atoms with Crippen molar-refractivity contribution in [3.8, 4) is 0 Å². The molecule has 4 N–H and O–H groups in total. The predicted molar refractivity (Wildman–Crippen MR) is 149 cm³/mol. The Hall–Kier alpha value is -1.22. The minimum atomic E-state index is -1.08. The summed E-state index contributed by atoms with van der Waals surface area (Å²) < 4.78 is 0. The molecule has 0 aromatic heterocycles. The third-order valence-electron chi connectivity index (χ3n) is 10.5. The molecule has 2 unspecified atom stereocenters. The van der Waals surface area contributed by atoms with Gasteiger partial charge in [0, 0.05) is 51.9 Å². The van der Waals surface area contributed by atoms with Crippen LogP contribution in [0.25, 0.3) is 0 Å². The van der Waals surface area contributed by atoms with Crippen LogP contribution in [0.5, 0.6) is 0 Å². The van der Waals surface area contributed by atoms with E-state index in [1.54, 1.807) is 0 Å². The fourth-order valence-electron chi connectivity index (χ4n) is 8.74. The van der Waals surface area contributed by atoms with E-state index in [0.29, 0.717) is 6.04 Å². The van der Waals surface area contributed by atoms with Crippen molar-refractivity contribution in [3.05, 3.63) is 0 Å². The van der Waals surface area contributed by atoms with Gasteiger partial charge in [-0.25, -0.2) is 0 Å². The quantitative estimate of drug-likeness (QED) is 0.511. The fraction of sp³-hybridized carbons (Fsp3) is 0.931. The smallest absolute Gasteiger partial charge is 0.240 e. The molecule has 8 nitrogen and oxygen atoms in total. The summed E-state index contributed by atoms with van der Waals surface area (Å²) in [4.78, 5) is 38.3. The molecule has 0 spiro atoms. The highest BCUT2D eigenvalue weighted by Crippen LogP contribution is 2.52. The Morgan fingerprint density at radius 3 is 1.49 bits per heavy atom. The minimum Gasteiger partial charge on any atom is -0.368 e. The number of primary amides is 2. The van der Waals surface area contributed by atoms with Gasteiger partial charge in [0.1, 0.15) is 11.1 Å². The van der Waals surface area contributed by atoms with E-state index in [0.717, 1.165) is 110 Å². The van der Waals surface area contributed by atoms with Crippen LogP contribution in [0.4, 0.5) is 0 Å². The second-order valence-electron chi connectivity index (χ2n) is 12.7. The molecular weight excluding hydrogens is 464 g/mol. The zero-order valence-electron chi connectivity index (χ0n) is 23.9. The number of amides is 2. The van der Waals surface area contributed by atoms with Gasteiger partial charge in [0.25, 0.3) is 0 Å². The molecule has 212 valence electrons. The van der Waals surface area contributed by atoms with Crippen LogP contribution in [0, 0.1) is 11.8 Å². The molecule has 2 amide bonds. The summed E-state index contributed by atoms with van der Waals surface area (Å²) >= 11 is 0. The normalized spacial score (nSPS) is 28.4. The topological polar surface area (TPSA) is 99.1 Å². The fourth-order valence-corrected chi connectivity index (χ4v) is 8.74. The van der Waals surface area contributed by atoms with Crippen molar-refractivity contribution < 1.29 is 9.59 Å². The number of nitrogens with two attached hydrogens (primary N) is 2. The van der Waals surface area contributed by atoms with Crippen LogP contribution < -0.4 is 11.5 Å². The summed E-state index contributed by atoms with van der Waals surface area (Å²) in [6.07, 6.45) is 11.5. The van der Waals surface area contributed by atoms with Gasteiger partial charge >= 0.3 is 0 Å². The molecule has 2 saturated carbocycles. The molecule has 2 atom stereocenters. The van der Waals surface area contributed by atoms with Crippen molar-refractivity contribution in [3.63, 3.8) is 0 Å². The maximum absolute atomic E-state index is 14.3. The van der Waals surface area contributed by atoms with Crippen LogP contribution in [0.15, 0.2) is 0 Å². The molecule has 2 aliphatic carbocycles. The molecule has 0 bridgehead atoms. The Balaban J connectivity index is 1.92. The molecule has 2 aliphatic heterocycles. The summed E-state index contributed by atoms with van der Waals surface area (Å²) in [6, 6.07) is 0.459. The van der Waals surface area contributed by atoms with Crippen molar-refractivity contribution in [2.75, 3.05) is 59.4 Å². The monoisotopic (exact) mass is 518 g/mol. The van der Waals surface area contributed by atoms with Crippen molar-refractivity contribution in [2.24, 2.45) is 23.3 Å². The van der Waals surface area contributed by atoms with E-state index in [9.17, 15) is 9.59 Å². The second-order valence-corrected chi connectivity index (χ2v) is 12.7. The highest BCUT2D eigenvalue weighted by atomic mass is 16.2. The first-order valence-corrected chi connectivity index (χ1v) is 15.3. The van der Waals surface area contributed by atoms with Gasteiger partial charge in [-0.3, -0.25) is 24.3 Å². The van der Waals surface area contributed by atoms with Crippen LogP contribution in [-0.2, 0) is 9.59 Å². The van der Waals surface area contributed by atoms with E-state index in [2.05, 4.69) is 40.5 Å². The lowest BCUT2D eigenvalue weighted by atomic mass is 9.54. The summed E-state index contributed by atoms with van der Waals surface area (Å²) in [5.74, 6) is -0.501. The highest BCUT2D eigenvalue weighted by molar-refractivity contribution is 5.99. The van der Waals surface area contributed by atoms with Crippen molar-refractivity contribution >= 4 is 11.8 Å². The number of piperazine rings is 1. The Labute approximate surface area is 225 Å². The van der Waals surface area contributed by atoms with Gasteiger partial charge in [-0.05, 0) is 71.4 Å². The van der Waals surface area contributed by atoms with Gasteiger partial charge in [0.15, 0.2) is 0 Å². The van der Waals surface area contributed by atoms with E-state index in [1.807, 2.05) is 0 Å². The summed E-state index contributed by atoms with van der Waals surface area (Å²) in [5, 5.41) is 0. The lowest BCUT2D eigenvalue weighted by molar-refractivity contribution is -0.183. The molecule has 0 aromatic rings. The lowest BCUT2D eigenvalue weighted by Crippen LogP contribution is -2.85. The van der Waals surface area contributed by atoms with Crippen LogP contribution in [0.1, 0.15) is 84.5 Å². The minimum absolute atomic E-state index is 0.0553. The Morgan fingerprint density at radius 1 is 0.622 bits per heavy atom. The third-order valence-corrected chi connectivity index (χ3v) is 10.5. The summed E-state index contributed by atoms with van der Waals surface area (Å²) in [5.41, 5.74) is 11.2. The van der Waals surface area contributed by atoms with Crippen LogP contribution in [0.2, 0.25) is 0 Å². The largest absolute Gasteiger partial charge is 0.368 e. The van der Waals surface area contributed by atoms with Gasteiger partial charge < -0.3 is 16.4 Å². The molecule has 4 rings (SSSR count). The summed E-state index contributed by atoms with van der Waals surface area (Å²) in [6.45, 7) is 11.2. The standard InChI is InChI=1S/C29H54N6O2/c1-23(2)33-18-21-35(22-19-33)29(27(31)37,25-13-8-5-9-14-25)28(26(30)36,24-11-6-4-7-12-24)34-16-10-15-32(3)17-20-34/h23-25H,4-22H2,1-3H3,(H2,30,36)(H2,31,37). The van der Waals surface area contributed by atoms with Gasteiger partial charge in [-0.1, -0.05) is 38.5 Å². The molecule has 0 radical (unpaired) electrons. The van der Waals surface area contributed by atoms with Crippen LogP contribution in [0.3, 0.4) is 0 Å². The SMILES string of the molecule is CC(C)N1CCN(C(C(N)=O)(C2CCCCC2)C(C(N)=O)(C2CCCCC2)N2CCCN(C)CC2)CC1. The van der Waals surface area contributed by atoms with Crippen LogP contribution >= 0.6 is 0 Å². The highest BCUT2D eigenvalue weighted by Gasteiger charge is 2.70. The number of nitrogens with zero attached hydrogens (tertiary/aromatic N) is 4. The first-order valence-electron chi connectivity index (χ1n) is 15.3. The average Bonchev–Trinajstić information content (AvgIpc) is 3.12. The Bertz CT molecular complexity index is 772. The first kappa shape index (κ1) is 28.8. The van der Waals surface area contributed by atoms with Gasteiger partial charge in [0.2, 0.25) is 11.8 Å². The Kier molecular flexibility index (Phi) is 9.58. The first-order chi connectivity index (χ1) is 17.8. The van der Waals surface area contributed by atoms with E-state index in [-0.39, 0.29) is 23.7 Å². The van der Waals surface area contributed by atoms with Crippen LogP contribution in [-0.4, -0.2) is 108 Å². The third kappa shape index (κ3) is 5.20. The second kappa shape index (κ2) is 12.3. The maximum atomic E-state index is 14.3. The van der Waals surface area contributed by atoms with E-state index in [1.165, 1.54) is 12.8 Å². The van der Waals surface area contributed by atoms with E-state index < -0.39 is 11.1 Å². The number of likely N-dealkylation sites (N-methyl/N-ethyl adjacent to an activating group) is 1. The molecular formula is C29H54N6O2. The molecule has 0 aromatic carbocycles. The molecule has 37 heavy (non-hydrogen) atoms. The number of carbonyl (C=O) groups is 2. The van der Waals surface area contributed by atoms with Crippen molar-refractivity contribution in [1.82, 2.24) is 19.6 Å². The van der Waals surface area contributed by atoms with Gasteiger partial charge in [0.05, 0.1) is 0 Å². The number of hydrogen-bond donors (Lipinski definition) is 2. The van der Waals surface area contributed by atoms with Gasteiger partial charge in [-0.15, -0.1) is 0 Å². The molecule has 8 heteroatoms. The van der Waals surface area contributed by atoms with Crippen molar-refractivity contribution in [1.29, 1.82) is 0 Å². The van der Waals surface area contributed by atoms with E-state index in [4.69, 9.17) is 11.5 Å². The van der Waals surface area contributed by atoms with Crippen molar-refractivity contribution in [2.45, 2.75) is 102 Å². The molecule has 4 fully saturated rings. The number of rotatable bonds is 8. The van der Waals surface area contributed by atoms with Gasteiger partial charge in [-0.2, -0.15) is 0 Å². The molecule has 4 aliphatic rings. The number of hydrogen-bond acceptors (Lipinski definition) is 6. The maximum Gasteiger partial charge on any atom is 0.240 e.